The molecule has 0 radical (unpaired) electrons. The van der Waals surface area contributed by atoms with E-state index in [1.54, 1.807) is 11.9 Å². The van der Waals surface area contributed by atoms with Crippen LogP contribution in [0.3, 0.4) is 0 Å². The molecule has 1 aromatic rings. The zero-order chi connectivity index (χ0) is 18.9. The van der Waals surface area contributed by atoms with Gasteiger partial charge < -0.3 is 14.8 Å². The maximum atomic E-state index is 12.0. The standard InChI is InChI=1S/C18H26N2O4S/c1-18(2,13-20(3)15(16(22)25)10-7-11-21)19-17(23)24-12-14-8-5-4-6-9-14/h4-6,8-9,11,15H,7,10,12-13H2,1-3H3,(H,19,23)(H,22,25). The van der Waals surface area contributed by atoms with Gasteiger partial charge in [0, 0.05) is 13.0 Å². The average Bonchev–Trinajstić information content (AvgIpc) is 2.53. The number of benzene rings is 1. The Morgan fingerprint density at radius 3 is 2.52 bits per heavy atom. The van der Waals surface area contributed by atoms with Crippen molar-refractivity contribution in [3.63, 3.8) is 0 Å². The van der Waals surface area contributed by atoms with E-state index in [4.69, 9.17) is 4.74 Å². The second-order valence-corrected chi connectivity index (χ2v) is 7.02. The number of amides is 1. The summed E-state index contributed by atoms with van der Waals surface area (Å²) in [5, 5.41) is 2.50. The third-order valence-corrected chi connectivity index (χ3v) is 3.97. The Labute approximate surface area is 154 Å². The molecule has 25 heavy (non-hydrogen) atoms. The van der Waals surface area contributed by atoms with E-state index in [1.165, 1.54) is 0 Å². The van der Waals surface area contributed by atoms with Gasteiger partial charge in [0.15, 0.2) is 0 Å². The molecule has 1 rings (SSSR count). The Morgan fingerprint density at radius 2 is 1.96 bits per heavy atom. The van der Waals surface area contributed by atoms with Crippen LogP contribution in [0.4, 0.5) is 4.79 Å². The van der Waals surface area contributed by atoms with E-state index < -0.39 is 17.7 Å². The fourth-order valence-electron chi connectivity index (χ4n) is 2.57. The van der Waals surface area contributed by atoms with E-state index in [2.05, 4.69) is 17.9 Å². The van der Waals surface area contributed by atoms with Gasteiger partial charge in [-0.2, -0.15) is 0 Å². The highest BCUT2D eigenvalue weighted by molar-refractivity contribution is 7.96. The summed E-state index contributed by atoms with van der Waals surface area (Å²) in [6.45, 7) is 4.28. The molecule has 0 aliphatic heterocycles. The summed E-state index contributed by atoms with van der Waals surface area (Å²) in [5.74, 6) is 0. The minimum absolute atomic E-state index is 0.190. The van der Waals surface area contributed by atoms with Gasteiger partial charge in [0.25, 0.3) is 0 Å². The minimum Gasteiger partial charge on any atom is -0.445 e. The van der Waals surface area contributed by atoms with Crippen molar-refractivity contribution >= 4 is 30.1 Å². The van der Waals surface area contributed by atoms with Crippen molar-refractivity contribution in [2.45, 2.75) is 44.9 Å². The molecule has 7 heteroatoms. The highest BCUT2D eigenvalue weighted by Gasteiger charge is 2.28. The SMILES string of the molecule is CN(CC(C)(C)NC(=O)OCc1ccccc1)C(CCC=O)C(=O)S. The number of thiol groups is 1. The molecule has 0 saturated heterocycles. The van der Waals surface area contributed by atoms with Crippen LogP contribution in [-0.4, -0.2) is 47.6 Å². The highest BCUT2D eigenvalue weighted by atomic mass is 32.1. The minimum atomic E-state index is -0.620. The second kappa shape index (κ2) is 10.2. The first kappa shape index (κ1) is 21.2. The van der Waals surface area contributed by atoms with Crippen molar-refractivity contribution in [3.05, 3.63) is 35.9 Å². The highest BCUT2D eigenvalue weighted by Crippen LogP contribution is 2.13. The number of rotatable bonds is 10. The Morgan fingerprint density at radius 1 is 1.32 bits per heavy atom. The first-order valence-electron chi connectivity index (χ1n) is 8.10. The van der Waals surface area contributed by atoms with Crippen molar-refractivity contribution in [2.75, 3.05) is 13.6 Å². The maximum Gasteiger partial charge on any atom is 0.407 e. The molecule has 0 aliphatic carbocycles. The van der Waals surface area contributed by atoms with Crippen molar-refractivity contribution in [3.8, 4) is 0 Å². The lowest BCUT2D eigenvalue weighted by Gasteiger charge is -2.34. The van der Waals surface area contributed by atoms with E-state index in [0.717, 1.165) is 11.8 Å². The summed E-state index contributed by atoms with van der Waals surface area (Å²) in [4.78, 5) is 36.0. The van der Waals surface area contributed by atoms with Crippen molar-refractivity contribution in [2.24, 2.45) is 0 Å². The zero-order valence-electron chi connectivity index (χ0n) is 14.9. The smallest absolute Gasteiger partial charge is 0.407 e. The molecule has 6 nitrogen and oxygen atoms in total. The molecule has 1 unspecified atom stereocenters. The molecule has 0 bridgehead atoms. The zero-order valence-corrected chi connectivity index (χ0v) is 15.8. The quantitative estimate of drug-likeness (QED) is 0.491. The number of likely N-dealkylation sites (N-methyl/N-ethyl adjacent to an activating group) is 1. The Hall–Kier alpha value is -1.86. The molecule has 0 aromatic heterocycles. The van der Waals surface area contributed by atoms with Crippen LogP contribution in [0.2, 0.25) is 0 Å². The van der Waals surface area contributed by atoms with Gasteiger partial charge in [-0.15, -0.1) is 12.6 Å². The molecule has 1 N–H and O–H groups in total. The third-order valence-electron chi connectivity index (χ3n) is 3.67. The van der Waals surface area contributed by atoms with Gasteiger partial charge in [-0.1, -0.05) is 30.3 Å². The molecule has 1 atom stereocenters. The van der Waals surface area contributed by atoms with Gasteiger partial charge in [0.05, 0.1) is 11.6 Å². The van der Waals surface area contributed by atoms with Crippen LogP contribution in [0, 0.1) is 0 Å². The number of carbonyl (C=O) groups excluding carboxylic acids is 3. The van der Waals surface area contributed by atoms with Crippen LogP contribution < -0.4 is 5.32 Å². The van der Waals surface area contributed by atoms with Crippen molar-refractivity contribution < 1.29 is 19.1 Å². The molecule has 0 aliphatic rings. The Bertz CT molecular complexity index is 578. The third kappa shape index (κ3) is 8.18. The summed E-state index contributed by atoms with van der Waals surface area (Å²) < 4.78 is 5.22. The summed E-state index contributed by atoms with van der Waals surface area (Å²) in [6, 6.07) is 8.93. The normalized spacial score (nSPS) is 12.5. The molecule has 0 saturated carbocycles. The van der Waals surface area contributed by atoms with Gasteiger partial charge >= 0.3 is 6.09 Å². The maximum absolute atomic E-state index is 12.0. The molecule has 138 valence electrons. The molecule has 0 fully saturated rings. The van der Waals surface area contributed by atoms with Crippen molar-refractivity contribution in [1.29, 1.82) is 0 Å². The van der Waals surface area contributed by atoms with Crippen LogP contribution in [-0.2, 0) is 20.9 Å². The molecular weight excluding hydrogens is 340 g/mol. The fraction of sp³-hybridized carbons (Fsp3) is 0.500. The molecule has 1 amide bonds. The van der Waals surface area contributed by atoms with Crippen LogP contribution in [0.5, 0.6) is 0 Å². The average molecular weight is 366 g/mol. The number of carbonyl (C=O) groups is 3. The van der Waals surface area contributed by atoms with Crippen LogP contribution >= 0.6 is 12.6 Å². The topological polar surface area (TPSA) is 75.7 Å². The number of nitrogens with zero attached hydrogens (tertiary/aromatic N) is 1. The Balaban J connectivity index is 2.53. The predicted molar refractivity (Wildman–Crippen MR) is 99.6 cm³/mol. The number of alkyl carbamates (subject to hydrolysis) is 1. The monoisotopic (exact) mass is 366 g/mol. The van der Waals surface area contributed by atoms with E-state index in [-0.39, 0.29) is 18.1 Å². The number of ether oxygens (including phenoxy) is 1. The lowest BCUT2D eigenvalue weighted by Crippen LogP contribution is -2.53. The van der Waals surface area contributed by atoms with E-state index in [9.17, 15) is 14.4 Å². The summed E-state index contributed by atoms with van der Waals surface area (Å²) in [6.07, 6.45) is 0.941. The Kier molecular flexibility index (Phi) is 8.65. The fourth-order valence-corrected chi connectivity index (χ4v) is 2.89. The molecular formula is C18H26N2O4S. The van der Waals surface area contributed by atoms with Gasteiger partial charge in [0.2, 0.25) is 5.12 Å². The van der Waals surface area contributed by atoms with Crippen LogP contribution in [0.25, 0.3) is 0 Å². The largest absolute Gasteiger partial charge is 0.445 e. The lowest BCUT2D eigenvalue weighted by molar-refractivity contribution is -0.115. The van der Waals surface area contributed by atoms with Gasteiger partial charge in [0.1, 0.15) is 12.9 Å². The van der Waals surface area contributed by atoms with Gasteiger partial charge in [-0.3, -0.25) is 9.69 Å². The molecule has 0 heterocycles. The first-order valence-corrected chi connectivity index (χ1v) is 8.55. The van der Waals surface area contributed by atoms with Crippen molar-refractivity contribution in [1.82, 2.24) is 10.2 Å². The van der Waals surface area contributed by atoms with Gasteiger partial charge in [-0.25, -0.2) is 4.79 Å². The lowest BCUT2D eigenvalue weighted by atomic mass is 10.0. The number of aldehydes is 1. The number of hydrogen-bond donors (Lipinski definition) is 2. The van der Waals surface area contributed by atoms with E-state index in [0.29, 0.717) is 13.0 Å². The van der Waals surface area contributed by atoms with Crippen LogP contribution in [0.15, 0.2) is 30.3 Å². The summed E-state index contributed by atoms with van der Waals surface area (Å²) >= 11 is 3.89. The number of nitrogens with one attached hydrogen (secondary N) is 1. The first-order chi connectivity index (χ1) is 11.7. The summed E-state index contributed by atoms with van der Waals surface area (Å²) in [5.41, 5.74) is 0.285. The molecule has 0 spiro atoms. The van der Waals surface area contributed by atoms with Gasteiger partial charge in [-0.05, 0) is 32.9 Å². The number of hydrogen-bond acceptors (Lipinski definition) is 5. The molecule has 1 aromatic carbocycles. The second-order valence-electron chi connectivity index (χ2n) is 6.58. The summed E-state index contributed by atoms with van der Waals surface area (Å²) in [7, 11) is 1.77. The van der Waals surface area contributed by atoms with E-state index >= 15 is 0 Å². The van der Waals surface area contributed by atoms with E-state index in [1.807, 2.05) is 44.2 Å². The predicted octanol–water partition coefficient (Wildman–Crippen LogP) is 2.43. The van der Waals surface area contributed by atoms with Crippen LogP contribution in [0.1, 0.15) is 32.3 Å².